The Kier molecular flexibility index (Phi) is 6.52. The fourth-order valence-electron chi connectivity index (χ4n) is 1.82. The van der Waals surface area contributed by atoms with Gasteiger partial charge in [0.2, 0.25) is 0 Å². The first-order valence-corrected chi connectivity index (χ1v) is 7.33. The predicted molar refractivity (Wildman–Crippen MR) is 86.4 cm³/mol. The van der Waals surface area contributed by atoms with E-state index < -0.39 is 12.1 Å². The van der Waals surface area contributed by atoms with E-state index in [-0.39, 0.29) is 25.5 Å². The first-order valence-electron chi connectivity index (χ1n) is 7.33. The quantitative estimate of drug-likeness (QED) is 0.623. The van der Waals surface area contributed by atoms with E-state index in [1.807, 2.05) is 30.3 Å². The third-order valence-corrected chi connectivity index (χ3v) is 3.05. The van der Waals surface area contributed by atoms with Crippen molar-refractivity contribution in [2.24, 2.45) is 0 Å². The van der Waals surface area contributed by atoms with Gasteiger partial charge in [0.1, 0.15) is 13.2 Å². The summed E-state index contributed by atoms with van der Waals surface area (Å²) in [6.07, 6.45) is -0.731. The van der Waals surface area contributed by atoms with Gasteiger partial charge in [-0.1, -0.05) is 60.7 Å². The van der Waals surface area contributed by atoms with Gasteiger partial charge in [-0.05, 0) is 5.56 Å². The highest BCUT2D eigenvalue weighted by atomic mass is 16.6. The molecule has 2 aromatic carbocycles. The van der Waals surface area contributed by atoms with Crippen LogP contribution in [0.15, 0.2) is 60.7 Å². The van der Waals surface area contributed by atoms with E-state index in [4.69, 9.17) is 9.47 Å². The van der Waals surface area contributed by atoms with Crippen molar-refractivity contribution in [2.45, 2.75) is 6.61 Å². The molecule has 6 heteroatoms. The smallest absolute Gasteiger partial charge is 0.407 e. The van der Waals surface area contributed by atoms with Gasteiger partial charge in [-0.2, -0.15) is 0 Å². The van der Waals surface area contributed by atoms with Crippen molar-refractivity contribution >= 4 is 17.8 Å². The molecule has 0 radical (unpaired) electrons. The molecular formula is C18H17NO5. The number of ketones is 1. The zero-order valence-electron chi connectivity index (χ0n) is 12.9. The van der Waals surface area contributed by atoms with E-state index in [9.17, 15) is 14.4 Å². The van der Waals surface area contributed by atoms with Crippen molar-refractivity contribution in [1.82, 2.24) is 5.32 Å². The monoisotopic (exact) mass is 327 g/mol. The van der Waals surface area contributed by atoms with Gasteiger partial charge in [0, 0.05) is 5.56 Å². The summed E-state index contributed by atoms with van der Waals surface area (Å²) in [5, 5.41) is 2.27. The largest absolute Gasteiger partial charge is 0.456 e. The number of esters is 1. The van der Waals surface area contributed by atoms with Crippen LogP contribution in [0.4, 0.5) is 4.79 Å². The molecule has 1 N–H and O–H groups in total. The molecule has 24 heavy (non-hydrogen) atoms. The predicted octanol–water partition coefficient (Wildman–Crippen LogP) is 2.34. The summed E-state index contributed by atoms with van der Waals surface area (Å²) in [5.41, 5.74) is 1.30. The third-order valence-electron chi connectivity index (χ3n) is 3.05. The molecule has 0 spiro atoms. The second kappa shape index (κ2) is 9.09. The summed E-state index contributed by atoms with van der Waals surface area (Å²) in [7, 11) is 0. The molecule has 2 rings (SSSR count). The molecule has 0 unspecified atom stereocenters. The maximum absolute atomic E-state index is 11.8. The molecule has 0 saturated carbocycles. The lowest BCUT2D eigenvalue weighted by Crippen LogP contribution is -2.31. The molecule has 0 atom stereocenters. The number of ether oxygens (including phenoxy) is 2. The van der Waals surface area contributed by atoms with Crippen LogP contribution >= 0.6 is 0 Å². The van der Waals surface area contributed by atoms with Crippen LogP contribution < -0.4 is 5.32 Å². The Bertz CT molecular complexity index is 685. The van der Waals surface area contributed by atoms with Crippen molar-refractivity contribution < 1.29 is 23.9 Å². The van der Waals surface area contributed by atoms with Crippen LogP contribution in [0.1, 0.15) is 15.9 Å². The van der Waals surface area contributed by atoms with E-state index in [0.717, 1.165) is 5.56 Å². The minimum Gasteiger partial charge on any atom is -0.456 e. The molecular weight excluding hydrogens is 310 g/mol. The Labute approximate surface area is 139 Å². The molecule has 0 aliphatic rings. The van der Waals surface area contributed by atoms with Gasteiger partial charge >= 0.3 is 12.1 Å². The Hall–Kier alpha value is -3.15. The normalized spacial score (nSPS) is 9.83. The van der Waals surface area contributed by atoms with E-state index in [1.54, 1.807) is 30.3 Å². The van der Waals surface area contributed by atoms with Crippen molar-refractivity contribution in [2.75, 3.05) is 13.2 Å². The molecule has 6 nitrogen and oxygen atoms in total. The number of alkyl carbamates (subject to hydrolysis) is 1. The minimum atomic E-state index is -0.731. The van der Waals surface area contributed by atoms with Gasteiger partial charge in [-0.15, -0.1) is 0 Å². The second-order valence-corrected chi connectivity index (χ2v) is 4.87. The molecule has 0 heterocycles. The number of nitrogens with one attached hydrogen (secondary N) is 1. The van der Waals surface area contributed by atoms with Crippen LogP contribution in [0.3, 0.4) is 0 Å². The molecule has 2 aromatic rings. The number of carbonyl (C=O) groups is 3. The van der Waals surface area contributed by atoms with Crippen molar-refractivity contribution in [3.05, 3.63) is 71.8 Å². The van der Waals surface area contributed by atoms with Crippen LogP contribution in [0, 0.1) is 0 Å². The average molecular weight is 327 g/mol. The van der Waals surface area contributed by atoms with E-state index >= 15 is 0 Å². The molecule has 1 amide bonds. The zero-order chi connectivity index (χ0) is 17.2. The third kappa shape index (κ3) is 5.92. The molecule has 0 aliphatic carbocycles. The van der Waals surface area contributed by atoms with Crippen LogP contribution in [-0.2, 0) is 20.9 Å². The van der Waals surface area contributed by atoms with Gasteiger partial charge in [0.25, 0.3) is 0 Å². The fraction of sp³-hybridized carbons (Fsp3) is 0.167. The molecule has 0 bridgehead atoms. The summed E-state index contributed by atoms with van der Waals surface area (Å²) in [5.74, 6) is -1.02. The number of Topliss-reactive ketones (excluding diaryl/α,β-unsaturated/α-hetero) is 1. The van der Waals surface area contributed by atoms with Crippen molar-refractivity contribution in [1.29, 1.82) is 0 Å². The standard InChI is InChI=1S/C18H17NO5/c20-16(15-9-5-2-6-10-15)13-23-17(21)11-19-18(22)24-12-14-7-3-1-4-8-14/h1-10H,11-13H2,(H,19,22). The van der Waals surface area contributed by atoms with Gasteiger partial charge in [0.15, 0.2) is 12.4 Å². The highest BCUT2D eigenvalue weighted by molar-refractivity contribution is 5.98. The van der Waals surface area contributed by atoms with Gasteiger partial charge in [0.05, 0.1) is 0 Å². The topological polar surface area (TPSA) is 81.7 Å². The number of carbonyl (C=O) groups excluding carboxylic acids is 3. The van der Waals surface area contributed by atoms with Crippen LogP contribution in [-0.4, -0.2) is 31.0 Å². The highest BCUT2D eigenvalue weighted by Crippen LogP contribution is 2.01. The number of benzene rings is 2. The second-order valence-electron chi connectivity index (χ2n) is 4.87. The van der Waals surface area contributed by atoms with Crippen LogP contribution in [0.25, 0.3) is 0 Å². The van der Waals surface area contributed by atoms with Crippen molar-refractivity contribution in [3.8, 4) is 0 Å². The average Bonchev–Trinajstić information content (AvgIpc) is 2.64. The highest BCUT2D eigenvalue weighted by Gasteiger charge is 2.11. The Morgan fingerprint density at radius 1 is 0.833 bits per heavy atom. The summed E-state index contributed by atoms with van der Waals surface area (Å²) in [6, 6.07) is 17.6. The van der Waals surface area contributed by atoms with E-state index in [0.29, 0.717) is 5.56 Å². The minimum absolute atomic E-state index is 0.105. The first kappa shape index (κ1) is 17.2. The van der Waals surface area contributed by atoms with Gasteiger partial charge in [-0.25, -0.2) is 4.79 Å². The van der Waals surface area contributed by atoms with Crippen LogP contribution in [0.2, 0.25) is 0 Å². The summed E-state index contributed by atoms with van der Waals surface area (Å²) >= 11 is 0. The SMILES string of the molecule is O=C(CNC(=O)OCc1ccccc1)OCC(=O)c1ccccc1. The summed E-state index contributed by atoms with van der Waals surface area (Å²) in [6.45, 7) is -0.631. The molecule has 124 valence electrons. The number of amides is 1. The Morgan fingerprint density at radius 3 is 2.12 bits per heavy atom. The molecule has 0 fully saturated rings. The Balaban J connectivity index is 1.64. The lowest BCUT2D eigenvalue weighted by Gasteiger charge is -2.07. The van der Waals surface area contributed by atoms with E-state index in [2.05, 4.69) is 5.32 Å². The summed E-state index contributed by atoms with van der Waals surface area (Å²) in [4.78, 5) is 34.7. The molecule has 0 saturated heterocycles. The lowest BCUT2D eigenvalue weighted by molar-refractivity contribution is -0.141. The zero-order valence-corrected chi connectivity index (χ0v) is 12.9. The van der Waals surface area contributed by atoms with Crippen molar-refractivity contribution in [3.63, 3.8) is 0 Å². The van der Waals surface area contributed by atoms with Crippen LogP contribution in [0.5, 0.6) is 0 Å². The van der Waals surface area contributed by atoms with Gasteiger partial charge < -0.3 is 14.8 Å². The number of hydrogen-bond donors (Lipinski definition) is 1. The number of hydrogen-bond acceptors (Lipinski definition) is 5. The summed E-state index contributed by atoms with van der Waals surface area (Å²) < 4.78 is 9.76. The molecule has 0 aromatic heterocycles. The Morgan fingerprint density at radius 2 is 1.46 bits per heavy atom. The fourth-order valence-corrected chi connectivity index (χ4v) is 1.82. The lowest BCUT2D eigenvalue weighted by atomic mass is 10.1. The maximum atomic E-state index is 11.8. The maximum Gasteiger partial charge on any atom is 0.407 e. The van der Waals surface area contributed by atoms with Gasteiger partial charge in [-0.3, -0.25) is 9.59 Å². The van der Waals surface area contributed by atoms with E-state index in [1.165, 1.54) is 0 Å². The molecule has 0 aliphatic heterocycles. The first-order chi connectivity index (χ1) is 11.6. The number of rotatable bonds is 7.